The third-order valence-corrected chi connectivity index (χ3v) is 5.71. The summed E-state index contributed by atoms with van der Waals surface area (Å²) in [5, 5.41) is 0. The van der Waals surface area contributed by atoms with Crippen LogP contribution in [0.1, 0.15) is 41.7 Å². The maximum Gasteiger partial charge on any atom is 0.270 e. The van der Waals surface area contributed by atoms with Gasteiger partial charge in [-0.2, -0.15) is 0 Å². The molecule has 0 spiro atoms. The summed E-state index contributed by atoms with van der Waals surface area (Å²) >= 11 is 0. The van der Waals surface area contributed by atoms with Gasteiger partial charge in [0.15, 0.2) is 0 Å². The summed E-state index contributed by atoms with van der Waals surface area (Å²) in [5.41, 5.74) is 1.90. The first-order chi connectivity index (χ1) is 12.2. The van der Waals surface area contributed by atoms with E-state index in [9.17, 15) is 4.79 Å². The molecule has 4 rings (SSSR count). The van der Waals surface area contributed by atoms with Crippen molar-refractivity contribution in [3.8, 4) is 0 Å². The second kappa shape index (κ2) is 7.00. The van der Waals surface area contributed by atoms with Gasteiger partial charge in [0.25, 0.3) is 5.91 Å². The Kier molecular flexibility index (Phi) is 4.57. The highest BCUT2D eigenvalue weighted by atomic mass is 16.2. The van der Waals surface area contributed by atoms with E-state index in [2.05, 4.69) is 21.8 Å². The minimum atomic E-state index is 0.177. The molecule has 0 aromatic carbocycles. The standard InChI is InChI=1S/C20H26N4O/c1-22-11-3-7-17(22)18-8-5-13-24(18)20(25)19-9-4-12-23(19)15-16-6-2-10-21-14-16/h2,4,6,9-10,12,14,17-18H,3,5,7-8,11,13,15H2,1H3/t17-,18-/m0/s1. The fraction of sp³-hybridized carbons (Fsp3) is 0.500. The van der Waals surface area contributed by atoms with Crippen LogP contribution in [0, 0.1) is 0 Å². The van der Waals surface area contributed by atoms with Crippen LogP contribution in [-0.2, 0) is 6.54 Å². The summed E-state index contributed by atoms with van der Waals surface area (Å²) in [7, 11) is 2.20. The maximum absolute atomic E-state index is 13.3. The van der Waals surface area contributed by atoms with Gasteiger partial charge in [-0.25, -0.2) is 0 Å². The summed E-state index contributed by atoms with van der Waals surface area (Å²) in [6, 6.07) is 8.79. The van der Waals surface area contributed by atoms with Crippen LogP contribution < -0.4 is 0 Å². The van der Waals surface area contributed by atoms with Crippen molar-refractivity contribution in [1.29, 1.82) is 0 Å². The lowest BCUT2D eigenvalue weighted by molar-refractivity contribution is 0.0654. The van der Waals surface area contributed by atoms with Crippen molar-refractivity contribution in [1.82, 2.24) is 19.4 Å². The summed E-state index contributed by atoms with van der Waals surface area (Å²) in [6.07, 6.45) is 10.3. The highest BCUT2D eigenvalue weighted by molar-refractivity contribution is 5.93. The van der Waals surface area contributed by atoms with Gasteiger partial charge in [0.05, 0.1) is 0 Å². The average molecular weight is 338 g/mol. The molecule has 0 N–H and O–H groups in total. The maximum atomic E-state index is 13.3. The number of carbonyl (C=O) groups excluding carboxylic acids is 1. The number of likely N-dealkylation sites (tertiary alicyclic amines) is 2. The molecule has 132 valence electrons. The van der Waals surface area contributed by atoms with Gasteiger partial charge < -0.3 is 14.4 Å². The van der Waals surface area contributed by atoms with Crippen molar-refractivity contribution in [3.63, 3.8) is 0 Å². The Morgan fingerprint density at radius 2 is 2.00 bits per heavy atom. The van der Waals surface area contributed by atoms with Gasteiger partial charge in [-0.05, 0) is 63.0 Å². The molecule has 1 amide bonds. The van der Waals surface area contributed by atoms with Crippen molar-refractivity contribution in [2.45, 2.75) is 44.3 Å². The van der Waals surface area contributed by atoms with Crippen LogP contribution in [0.4, 0.5) is 0 Å². The highest BCUT2D eigenvalue weighted by Gasteiger charge is 2.39. The normalized spacial score (nSPS) is 24.1. The van der Waals surface area contributed by atoms with Crippen molar-refractivity contribution >= 4 is 5.91 Å². The van der Waals surface area contributed by atoms with Gasteiger partial charge in [0.1, 0.15) is 5.69 Å². The third-order valence-electron chi connectivity index (χ3n) is 5.71. The van der Waals surface area contributed by atoms with E-state index in [4.69, 9.17) is 0 Å². The van der Waals surface area contributed by atoms with E-state index in [-0.39, 0.29) is 5.91 Å². The first kappa shape index (κ1) is 16.3. The first-order valence-corrected chi connectivity index (χ1v) is 9.29. The predicted octanol–water partition coefficient (Wildman–Crippen LogP) is 2.63. The van der Waals surface area contributed by atoms with Crippen LogP contribution in [-0.4, -0.2) is 57.5 Å². The van der Waals surface area contributed by atoms with Crippen molar-refractivity contribution in [3.05, 3.63) is 54.1 Å². The lowest BCUT2D eigenvalue weighted by Gasteiger charge is -2.33. The third kappa shape index (κ3) is 3.21. The zero-order valence-electron chi connectivity index (χ0n) is 14.8. The molecule has 2 aromatic rings. The molecule has 2 aliphatic rings. The topological polar surface area (TPSA) is 41.4 Å². The summed E-state index contributed by atoms with van der Waals surface area (Å²) in [4.78, 5) is 22.0. The van der Waals surface area contributed by atoms with Crippen LogP contribution in [0.25, 0.3) is 0 Å². The van der Waals surface area contributed by atoms with Crippen LogP contribution in [0.3, 0.4) is 0 Å². The Morgan fingerprint density at radius 3 is 2.76 bits per heavy atom. The molecule has 2 saturated heterocycles. The minimum Gasteiger partial charge on any atom is -0.339 e. The minimum absolute atomic E-state index is 0.177. The number of amides is 1. The molecule has 5 nitrogen and oxygen atoms in total. The molecule has 2 fully saturated rings. The lowest BCUT2D eigenvalue weighted by Crippen LogP contribution is -2.47. The van der Waals surface area contributed by atoms with Gasteiger partial charge in [-0.15, -0.1) is 0 Å². The van der Waals surface area contributed by atoms with E-state index in [1.54, 1.807) is 6.20 Å². The molecular weight excluding hydrogens is 312 g/mol. The van der Waals surface area contributed by atoms with Crippen LogP contribution in [0.2, 0.25) is 0 Å². The molecule has 0 aliphatic carbocycles. The van der Waals surface area contributed by atoms with E-state index in [0.717, 1.165) is 37.2 Å². The molecule has 2 aromatic heterocycles. The van der Waals surface area contributed by atoms with Gasteiger partial charge in [0, 0.05) is 43.8 Å². The van der Waals surface area contributed by atoms with E-state index in [1.165, 1.54) is 12.8 Å². The molecule has 25 heavy (non-hydrogen) atoms. The Balaban J connectivity index is 1.54. The molecule has 5 heteroatoms. The van der Waals surface area contributed by atoms with Crippen LogP contribution in [0.15, 0.2) is 42.9 Å². The molecule has 0 bridgehead atoms. The van der Waals surface area contributed by atoms with E-state index < -0.39 is 0 Å². The Morgan fingerprint density at radius 1 is 1.16 bits per heavy atom. The molecule has 0 unspecified atom stereocenters. The van der Waals surface area contributed by atoms with Crippen LogP contribution >= 0.6 is 0 Å². The Hall–Kier alpha value is -2.14. The molecule has 0 radical (unpaired) electrons. The van der Waals surface area contributed by atoms with Crippen molar-refractivity contribution in [2.24, 2.45) is 0 Å². The average Bonchev–Trinajstić information content (AvgIpc) is 3.35. The van der Waals surface area contributed by atoms with Crippen molar-refractivity contribution in [2.75, 3.05) is 20.1 Å². The molecule has 2 atom stereocenters. The fourth-order valence-electron chi connectivity index (χ4n) is 4.45. The molecule has 0 saturated carbocycles. The van der Waals surface area contributed by atoms with Crippen LogP contribution in [0.5, 0.6) is 0 Å². The lowest BCUT2D eigenvalue weighted by atomic mass is 10.0. The fourth-order valence-corrected chi connectivity index (χ4v) is 4.45. The predicted molar refractivity (Wildman–Crippen MR) is 97.5 cm³/mol. The SMILES string of the molecule is CN1CCC[C@H]1[C@@H]1CCCN1C(=O)c1cccn1Cc1cccnc1. The van der Waals surface area contributed by atoms with E-state index >= 15 is 0 Å². The second-order valence-corrected chi connectivity index (χ2v) is 7.28. The number of hydrogen-bond donors (Lipinski definition) is 0. The first-order valence-electron chi connectivity index (χ1n) is 9.29. The zero-order valence-corrected chi connectivity index (χ0v) is 14.8. The van der Waals surface area contributed by atoms with Gasteiger partial charge in [0.2, 0.25) is 0 Å². The summed E-state index contributed by atoms with van der Waals surface area (Å²) < 4.78 is 2.05. The second-order valence-electron chi connectivity index (χ2n) is 7.28. The number of aromatic nitrogens is 2. The van der Waals surface area contributed by atoms with Gasteiger partial charge >= 0.3 is 0 Å². The van der Waals surface area contributed by atoms with Gasteiger partial charge in [-0.1, -0.05) is 6.07 Å². The quantitative estimate of drug-likeness (QED) is 0.860. The Bertz CT molecular complexity index is 726. The number of nitrogens with zero attached hydrogens (tertiary/aromatic N) is 4. The van der Waals surface area contributed by atoms with Gasteiger partial charge in [-0.3, -0.25) is 9.78 Å². The number of pyridine rings is 1. The van der Waals surface area contributed by atoms with Crippen molar-refractivity contribution < 1.29 is 4.79 Å². The molecular formula is C20H26N4O. The highest BCUT2D eigenvalue weighted by Crippen LogP contribution is 2.30. The largest absolute Gasteiger partial charge is 0.339 e. The number of hydrogen-bond acceptors (Lipinski definition) is 3. The molecule has 2 aliphatic heterocycles. The number of carbonyl (C=O) groups is 1. The Labute approximate surface area is 149 Å². The summed E-state index contributed by atoms with van der Waals surface area (Å²) in [6.45, 7) is 2.72. The number of likely N-dealkylation sites (N-methyl/N-ethyl adjacent to an activating group) is 1. The van der Waals surface area contributed by atoms with E-state index in [0.29, 0.717) is 18.6 Å². The zero-order chi connectivity index (χ0) is 17.2. The monoisotopic (exact) mass is 338 g/mol. The number of rotatable bonds is 4. The summed E-state index contributed by atoms with van der Waals surface area (Å²) in [5.74, 6) is 0.177. The smallest absolute Gasteiger partial charge is 0.270 e. The molecule has 4 heterocycles. The van der Waals surface area contributed by atoms with E-state index in [1.807, 2.05) is 41.2 Å².